The zero-order chi connectivity index (χ0) is 14.6. The van der Waals surface area contributed by atoms with E-state index in [1.54, 1.807) is 0 Å². The second-order valence-electron chi connectivity index (χ2n) is 5.60. The van der Waals surface area contributed by atoms with Crippen LogP contribution in [0.1, 0.15) is 25.1 Å². The highest BCUT2D eigenvalue weighted by Crippen LogP contribution is 2.39. The minimum absolute atomic E-state index is 1.10. The maximum atomic E-state index is 4.21. The third kappa shape index (κ3) is 1.46. The van der Waals surface area contributed by atoms with E-state index >= 15 is 0 Å². The summed E-state index contributed by atoms with van der Waals surface area (Å²) in [6.07, 6.45) is 4.30. The van der Waals surface area contributed by atoms with Crippen molar-refractivity contribution in [1.29, 1.82) is 0 Å². The Kier molecular flexibility index (Phi) is 2.46. The molecule has 2 heterocycles. The van der Waals surface area contributed by atoms with Gasteiger partial charge in [0, 0.05) is 21.7 Å². The molecule has 0 fully saturated rings. The van der Waals surface area contributed by atoms with Crippen LogP contribution in [-0.2, 0) is 0 Å². The maximum absolute atomic E-state index is 4.21. The second-order valence-corrected chi connectivity index (χ2v) is 5.60. The zero-order valence-corrected chi connectivity index (χ0v) is 12.4. The molecule has 0 atom stereocenters. The van der Waals surface area contributed by atoms with Crippen molar-refractivity contribution < 1.29 is 0 Å². The van der Waals surface area contributed by atoms with Crippen LogP contribution in [0.15, 0.2) is 55.1 Å². The van der Waals surface area contributed by atoms with Crippen molar-refractivity contribution in [3.8, 4) is 0 Å². The number of aromatic nitrogens is 1. The fraction of sp³-hybridized carbons (Fsp3) is 0.100. The summed E-state index contributed by atoms with van der Waals surface area (Å²) in [6, 6.07) is 15.2. The predicted octanol–water partition coefficient (Wildman–Crippen LogP) is 5.75. The van der Waals surface area contributed by atoms with Crippen molar-refractivity contribution in [2.24, 2.45) is 0 Å². The van der Waals surface area contributed by atoms with Crippen molar-refractivity contribution in [1.82, 2.24) is 4.40 Å². The van der Waals surface area contributed by atoms with Gasteiger partial charge in [-0.25, -0.2) is 0 Å². The van der Waals surface area contributed by atoms with Crippen molar-refractivity contribution in [3.05, 3.63) is 66.4 Å². The van der Waals surface area contributed by atoms with Crippen molar-refractivity contribution in [3.63, 3.8) is 0 Å². The monoisotopic (exact) mass is 271 g/mol. The average molecular weight is 271 g/mol. The van der Waals surface area contributed by atoms with Crippen LogP contribution < -0.4 is 0 Å². The molecule has 0 saturated carbocycles. The Balaban J connectivity index is 2.40. The molecule has 1 nitrogen and oxygen atoms in total. The molecule has 0 aliphatic rings. The number of benzene rings is 2. The SMILES string of the molecule is C=C(C)c1c(/C=C\C)c2cccc3c4ccccc4n1c23. The lowest BCUT2D eigenvalue weighted by atomic mass is 10.0. The van der Waals surface area contributed by atoms with E-state index in [9.17, 15) is 0 Å². The summed E-state index contributed by atoms with van der Waals surface area (Å²) in [6.45, 7) is 8.37. The molecule has 0 aliphatic carbocycles. The van der Waals surface area contributed by atoms with E-state index in [-0.39, 0.29) is 0 Å². The van der Waals surface area contributed by atoms with E-state index in [1.807, 2.05) is 0 Å². The van der Waals surface area contributed by atoms with E-state index in [2.05, 4.69) is 79.4 Å². The fourth-order valence-electron chi connectivity index (χ4n) is 3.47. The third-order valence-corrected chi connectivity index (χ3v) is 4.20. The first-order valence-corrected chi connectivity index (χ1v) is 7.30. The van der Waals surface area contributed by atoms with Crippen LogP contribution in [0, 0.1) is 0 Å². The number of fused-ring (bicyclic) bond motifs is 3. The van der Waals surface area contributed by atoms with Crippen LogP contribution in [-0.4, -0.2) is 4.40 Å². The summed E-state index contributed by atoms with van der Waals surface area (Å²) in [7, 11) is 0. The van der Waals surface area contributed by atoms with Crippen molar-refractivity contribution in [2.45, 2.75) is 13.8 Å². The molecule has 0 aliphatic heterocycles. The topological polar surface area (TPSA) is 4.41 Å². The molecule has 0 N–H and O–H groups in total. The molecule has 0 amide bonds. The van der Waals surface area contributed by atoms with Gasteiger partial charge in [-0.15, -0.1) is 0 Å². The summed E-state index contributed by atoms with van der Waals surface area (Å²) in [5, 5.41) is 3.94. The first-order valence-electron chi connectivity index (χ1n) is 7.30. The molecule has 102 valence electrons. The number of nitrogens with zero attached hydrogens (tertiary/aromatic N) is 1. The molecule has 1 heteroatoms. The molecule has 0 radical (unpaired) electrons. The molecule has 4 aromatic rings. The highest BCUT2D eigenvalue weighted by atomic mass is 14.9. The highest BCUT2D eigenvalue weighted by molar-refractivity contribution is 6.17. The first kappa shape index (κ1) is 12.2. The summed E-state index contributed by atoms with van der Waals surface area (Å²) < 4.78 is 2.37. The lowest BCUT2D eigenvalue weighted by Crippen LogP contribution is -1.89. The minimum Gasteiger partial charge on any atom is -0.308 e. The van der Waals surface area contributed by atoms with Gasteiger partial charge >= 0.3 is 0 Å². The average Bonchev–Trinajstić information content (AvgIpc) is 2.99. The number of rotatable bonds is 2. The van der Waals surface area contributed by atoms with Crippen LogP contribution >= 0.6 is 0 Å². The molecule has 0 saturated heterocycles. The largest absolute Gasteiger partial charge is 0.308 e. The Bertz CT molecular complexity index is 1010. The number of hydrogen-bond donors (Lipinski definition) is 0. The second kappa shape index (κ2) is 4.23. The van der Waals surface area contributed by atoms with Gasteiger partial charge in [-0.2, -0.15) is 0 Å². The molecular weight excluding hydrogens is 254 g/mol. The summed E-state index contributed by atoms with van der Waals surface area (Å²) >= 11 is 0. The molecule has 0 bridgehead atoms. The minimum atomic E-state index is 1.10. The van der Waals surface area contributed by atoms with E-state index in [1.165, 1.54) is 38.4 Å². The molecule has 2 aromatic heterocycles. The van der Waals surface area contributed by atoms with Crippen LogP contribution in [0.25, 0.3) is 38.8 Å². The Morgan fingerprint density at radius 2 is 1.71 bits per heavy atom. The summed E-state index contributed by atoms with van der Waals surface area (Å²) in [5.41, 5.74) is 6.17. The van der Waals surface area contributed by atoms with Gasteiger partial charge in [0.1, 0.15) is 0 Å². The van der Waals surface area contributed by atoms with Gasteiger partial charge in [0.05, 0.1) is 16.7 Å². The lowest BCUT2D eigenvalue weighted by Gasteiger charge is -2.03. The van der Waals surface area contributed by atoms with E-state index in [0.29, 0.717) is 0 Å². The molecule has 4 rings (SSSR count). The van der Waals surface area contributed by atoms with Crippen LogP contribution in [0.5, 0.6) is 0 Å². The lowest BCUT2D eigenvalue weighted by molar-refractivity contribution is 1.24. The third-order valence-electron chi connectivity index (χ3n) is 4.20. The quantitative estimate of drug-likeness (QED) is 0.437. The van der Waals surface area contributed by atoms with Crippen LogP contribution in [0.4, 0.5) is 0 Å². The molecular formula is C20H17N. The summed E-state index contributed by atoms with van der Waals surface area (Å²) in [5.74, 6) is 0. The van der Waals surface area contributed by atoms with Crippen molar-refractivity contribution in [2.75, 3.05) is 0 Å². The van der Waals surface area contributed by atoms with Gasteiger partial charge in [0.25, 0.3) is 0 Å². The highest BCUT2D eigenvalue weighted by Gasteiger charge is 2.19. The molecule has 0 spiro atoms. The van der Waals surface area contributed by atoms with Crippen LogP contribution in [0.2, 0.25) is 0 Å². The Hall–Kier alpha value is -2.54. The van der Waals surface area contributed by atoms with E-state index in [4.69, 9.17) is 0 Å². The Labute approximate surface area is 124 Å². The van der Waals surface area contributed by atoms with Gasteiger partial charge in [0.15, 0.2) is 0 Å². The van der Waals surface area contributed by atoms with E-state index < -0.39 is 0 Å². The number of allylic oxidation sites excluding steroid dienone is 2. The smallest absolute Gasteiger partial charge is 0.0620 e. The fourth-order valence-corrected chi connectivity index (χ4v) is 3.47. The van der Waals surface area contributed by atoms with Gasteiger partial charge in [0.2, 0.25) is 0 Å². The molecule has 2 aromatic carbocycles. The zero-order valence-electron chi connectivity index (χ0n) is 12.4. The Morgan fingerprint density at radius 1 is 1.00 bits per heavy atom. The van der Waals surface area contributed by atoms with Gasteiger partial charge < -0.3 is 4.40 Å². The van der Waals surface area contributed by atoms with Crippen molar-refractivity contribution >= 4 is 38.8 Å². The molecule has 21 heavy (non-hydrogen) atoms. The number of para-hydroxylation sites is 2. The molecule has 0 unspecified atom stereocenters. The number of hydrogen-bond acceptors (Lipinski definition) is 0. The normalized spacial score (nSPS) is 12.3. The maximum Gasteiger partial charge on any atom is 0.0620 e. The van der Waals surface area contributed by atoms with Crippen LogP contribution in [0.3, 0.4) is 0 Å². The summed E-state index contributed by atoms with van der Waals surface area (Å²) in [4.78, 5) is 0. The van der Waals surface area contributed by atoms with Gasteiger partial charge in [-0.3, -0.25) is 0 Å². The standard InChI is InChI=1S/C20H17N/c1-4-8-15-17-11-7-10-16-14-9-5-6-12-18(14)21(20(16)17)19(15)13(2)3/h4-12H,2H2,1,3H3/b8-4-. The van der Waals surface area contributed by atoms with E-state index in [0.717, 1.165) is 5.57 Å². The predicted molar refractivity (Wildman–Crippen MR) is 93.0 cm³/mol. The van der Waals surface area contributed by atoms with Gasteiger partial charge in [-0.1, -0.05) is 55.1 Å². The van der Waals surface area contributed by atoms with Gasteiger partial charge in [-0.05, 0) is 25.5 Å². The Morgan fingerprint density at radius 3 is 2.48 bits per heavy atom. The first-order chi connectivity index (χ1) is 10.2.